The first-order valence-electron chi connectivity index (χ1n) is 9.17. The molecule has 0 saturated heterocycles. The van der Waals surface area contributed by atoms with Crippen LogP contribution in [0.3, 0.4) is 0 Å². The van der Waals surface area contributed by atoms with Crippen molar-refractivity contribution in [2.75, 3.05) is 34.4 Å². The zero-order chi connectivity index (χ0) is 19.7. The van der Waals surface area contributed by atoms with Gasteiger partial charge in [-0.2, -0.15) is 10.4 Å². The Morgan fingerprint density at radius 3 is 2.64 bits per heavy atom. The third-order valence-corrected chi connectivity index (χ3v) is 4.98. The van der Waals surface area contributed by atoms with E-state index in [4.69, 9.17) is 14.7 Å². The second-order valence-electron chi connectivity index (χ2n) is 7.10. The first kappa shape index (κ1) is 18.1. The van der Waals surface area contributed by atoms with Gasteiger partial charge in [0.1, 0.15) is 6.61 Å². The third kappa shape index (κ3) is 3.21. The number of nitrogens with zero attached hydrogens (tertiary/aromatic N) is 3. The first-order chi connectivity index (χ1) is 13.6. The number of aromatic nitrogens is 2. The summed E-state index contributed by atoms with van der Waals surface area (Å²) in [6.45, 7) is 1.42. The molecule has 1 aliphatic rings. The topological polar surface area (TPSA) is 74.2 Å². The average molecular weight is 374 g/mol. The summed E-state index contributed by atoms with van der Waals surface area (Å²) in [5.41, 5.74) is 7.03. The number of likely N-dealkylation sites (N-methyl/N-ethyl adjacent to an activating group) is 1. The number of nitrogens with one attached hydrogen (secondary N) is 1. The summed E-state index contributed by atoms with van der Waals surface area (Å²) in [5, 5.41) is 16.7. The van der Waals surface area contributed by atoms with Crippen LogP contribution in [0.4, 0.5) is 0 Å². The van der Waals surface area contributed by atoms with Gasteiger partial charge in [0.25, 0.3) is 0 Å². The molecule has 1 aliphatic carbocycles. The minimum absolute atomic E-state index is 0.592. The van der Waals surface area contributed by atoms with E-state index in [1.54, 1.807) is 7.11 Å². The summed E-state index contributed by atoms with van der Waals surface area (Å²) in [5.74, 6) is 1.49. The summed E-state index contributed by atoms with van der Waals surface area (Å²) in [4.78, 5) is 2.08. The van der Waals surface area contributed by atoms with Crippen molar-refractivity contribution in [3.63, 3.8) is 0 Å². The van der Waals surface area contributed by atoms with Gasteiger partial charge in [0, 0.05) is 29.7 Å². The molecular formula is C22H22N4O2. The van der Waals surface area contributed by atoms with Gasteiger partial charge in [0.05, 0.1) is 30.1 Å². The summed E-state index contributed by atoms with van der Waals surface area (Å²) >= 11 is 0. The van der Waals surface area contributed by atoms with E-state index in [0.717, 1.165) is 52.5 Å². The fourth-order valence-corrected chi connectivity index (χ4v) is 3.48. The number of ether oxygens (including phenoxy) is 2. The van der Waals surface area contributed by atoms with Gasteiger partial charge >= 0.3 is 0 Å². The molecule has 6 nitrogen and oxygen atoms in total. The number of benzene rings is 2. The van der Waals surface area contributed by atoms with Crippen LogP contribution in [0.1, 0.15) is 16.7 Å². The molecule has 2 aromatic carbocycles. The lowest BCUT2D eigenvalue weighted by Gasteiger charge is -2.15. The van der Waals surface area contributed by atoms with Crippen LogP contribution in [0.5, 0.6) is 11.5 Å². The number of aromatic amines is 1. The highest BCUT2D eigenvalue weighted by atomic mass is 16.5. The lowest BCUT2D eigenvalue weighted by molar-refractivity contribution is 0.251. The van der Waals surface area contributed by atoms with Crippen LogP contribution >= 0.6 is 0 Å². The molecule has 4 rings (SSSR count). The largest absolute Gasteiger partial charge is 0.493 e. The van der Waals surface area contributed by atoms with Crippen molar-refractivity contribution >= 4 is 0 Å². The number of rotatable bonds is 6. The monoisotopic (exact) mass is 374 g/mol. The molecule has 142 valence electrons. The Morgan fingerprint density at radius 2 is 1.96 bits per heavy atom. The number of H-pyrrole nitrogens is 1. The lowest BCUT2D eigenvalue weighted by atomic mass is 10.0. The number of hydrogen-bond donors (Lipinski definition) is 1. The van der Waals surface area contributed by atoms with Crippen molar-refractivity contribution in [2.45, 2.75) is 6.42 Å². The molecule has 0 saturated carbocycles. The molecule has 0 spiro atoms. The van der Waals surface area contributed by atoms with Crippen LogP contribution in [-0.4, -0.2) is 49.5 Å². The van der Waals surface area contributed by atoms with Crippen molar-refractivity contribution < 1.29 is 9.47 Å². The van der Waals surface area contributed by atoms with E-state index in [1.165, 1.54) is 5.56 Å². The number of fused-ring (bicyclic) bond motifs is 3. The van der Waals surface area contributed by atoms with Gasteiger partial charge in [-0.05, 0) is 43.9 Å². The third-order valence-electron chi connectivity index (χ3n) is 4.98. The maximum atomic E-state index is 9.00. The summed E-state index contributed by atoms with van der Waals surface area (Å²) < 4.78 is 11.5. The molecule has 0 amide bonds. The SMILES string of the molecule is COc1cc2c(cc1OCCN(C)C)-c1[nH]nc(-c3ccc(C#N)cc3)c1C2. The van der Waals surface area contributed by atoms with Crippen LogP contribution in [0.25, 0.3) is 22.5 Å². The van der Waals surface area contributed by atoms with Crippen molar-refractivity contribution in [3.05, 3.63) is 53.1 Å². The Bertz CT molecular complexity index is 1050. The van der Waals surface area contributed by atoms with Crippen LogP contribution in [0.15, 0.2) is 36.4 Å². The van der Waals surface area contributed by atoms with E-state index in [-0.39, 0.29) is 0 Å². The van der Waals surface area contributed by atoms with E-state index in [1.807, 2.05) is 44.4 Å². The van der Waals surface area contributed by atoms with Crippen molar-refractivity contribution in [2.24, 2.45) is 0 Å². The number of nitriles is 1. The Hall–Kier alpha value is -3.30. The molecule has 28 heavy (non-hydrogen) atoms. The molecular weight excluding hydrogens is 352 g/mol. The number of methoxy groups -OCH3 is 1. The smallest absolute Gasteiger partial charge is 0.161 e. The van der Waals surface area contributed by atoms with E-state index in [0.29, 0.717) is 12.2 Å². The van der Waals surface area contributed by atoms with Gasteiger partial charge in [0.15, 0.2) is 11.5 Å². The van der Waals surface area contributed by atoms with E-state index in [9.17, 15) is 0 Å². The summed E-state index contributed by atoms with van der Waals surface area (Å²) in [7, 11) is 5.70. The van der Waals surface area contributed by atoms with Gasteiger partial charge in [-0.3, -0.25) is 5.10 Å². The molecule has 0 atom stereocenters. The molecule has 0 fully saturated rings. The average Bonchev–Trinajstić information content (AvgIpc) is 3.26. The standard InChI is InChI=1S/C22H22N4O2/c1-26(2)8-9-28-20-12-17-16(11-19(20)27-3)10-18-21(24-25-22(17)18)15-6-4-14(13-23)5-7-15/h4-7,11-12H,8-10H2,1-3H3,(H,24,25). The normalized spacial score (nSPS) is 11.8. The van der Waals surface area contributed by atoms with Crippen LogP contribution in [0.2, 0.25) is 0 Å². The van der Waals surface area contributed by atoms with E-state index in [2.05, 4.69) is 27.2 Å². The molecule has 0 radical (unpaired) electrons. The van der Waals surface area contributed by atoms with Gasteiger partial charge in [-0.15, -0.1) is 0 Å². The van der Waals surface area contributed by atoms with Gasteiger partial charge in [0.2, 0.25) is 0 Å². The van der Waals surface area contributed by atoms with Crippen LogP contribution < -0.4 is 9.47 Å². The van der Waals surface area contributed by atoms with E-state index < -0.39 is 0 Å². The lowest BCUT2D eigenvalue weighted by Crippen LogP contribution is -2.19. The second kappa shape index (κ2) is 7.37. The Balaban J connectivity index is 1.67. The molecule has 0 aliphatic heterocycles. The predicted octanol–water partition coefficient (Wildman–Crippen LogP) is 3.47. The zero-order valence-corrected chi connectivity index (χ0v) is 16.2. The van der Waals surface area contributed by atoms with Gasteiger partial charge in [-0.25, -0.2) is 0 Å². The maximum Gasteiger partial charge on any atom is 0.161 e. The zero-order valence-electron chi connectivity index (χ0n) is 16.2. The Kier molecular flexibility index (Phi) is 4.76. The quantitative estimate of drug-likeness (QED) is 0.559. The molecule has 1 N–H and O–H groups in total. The van der Waals surface area contributed by atoms with Gasteiger partial charge < -0.3 is 14.4 Å². The van der Waals surface area contributed by atoms with Crippen molar-refractivity contribution in [1.82, 2.24) is 15.1 Å². The molecule has 1 heterocycles. The number of hydrogen-bond acceptors (Lipinski definition) is 5. The summed E-state index contributed by atoms with van der Waals surface area (Å²) in [6, 6.07) is 13.8. The highest BCUT2D eigenvalue weighted by Gasteiger charge is 2.27. The van der Waals surface area contributed by atoms with Gasteiger partial charge in [-0.1, -0.05) is 12.1 Å². The van der Waals surface area contributed by atoms with Crippen molar-refractivity contribution in [3.8, 4) is 40.1 Å². The highest BCUT2D eigenvalue weighted by molar-refractivity contribution is 5.82. The van der Waals surface area contributed by atoms with Crippen LogP contribution in [-0.2, 0) is 6.42 Å². The van der Waals surface area contributed by atoms with Crippen LogP contribution in [0, 0.1) is 11.3 Å². The Morgan fingerprint density at radius 1 is 1.18 bits per heavy atom. The van der Waals surface area contributed by atoms with E-state index >= 15 is 0 Å². The highest BCUT2D eigenvalue weighted by Crippen LogP contribution is 2.44. The Labute approximate surface area is 164 Å². The molecule has 1 aromatic heterocycles. The molecule has 3 aromatic rings. The maximum absolute atomic E-state index is 9.00. The fourth-order valence-electron chi connectivity index (χ4n) is 3.48. The minimum Gasteiger partial charge on any atom is -0.493 e. The summed E-state index contributed by atoms with van der Waals surface area (Å²) in [6.07, 6.45) is 0.783. The molecule has 0 bridgehead atoms. The second-order valence-corrected chi connectivity index (χ2v) is 7.10. The first-order valence-corrected chi connectivity index (χ1v) is 9.17. The van der Waals surface area contributed by atoms with Crippen molar-refractivity contribution in [1.29, 1.82) is 5.26 Å². The fraction of sp³-hybridized carbons (Fsp3) is 0.273. The predicted molar refractivity (Wildman–Crippen MR) is 108 cm³/mol. The molecule has 0 unspecified atom stereocenters. The molecule has 6 heteroatoms. The minimum atomic E-state index is 0.592.